The van der Waals surface area contributed by atoms with Gasteiger partial charge in [-0.05, 0) is 48.7 Å². The number of nitrogens with one attached hydrogen (secondary N) is 2. The Morgan fingerprint density at radius 1 is 1.11 bits per heavy atom. The lowest BCUT2D eigenvalue weighted by molar-refractivity contribution is -0.126. The van der Waals surface area contributed by atoms with Crippen LogP contribution in [0.25, 0.3) is 0 Å². The summed E-state index contributed by atoms with van der Waals surface area (Å²) >= 11 is 0. The number of nitrogens with zero attached hydrogens (tertiary/aromatic N) is 1. The fraction of sp³-hybridized carbons (Fsp3) is 0.846. The van der Waals surface area contributed by atoms with Crippen LogP contribution in [0.15, 0.2) is 0 Å². The Labute approximate surface area is 115 Å². The number of carbonyl (C=O) groups excluding carboxylic acids is 2. The molecule has 6 nitrogen and oxygen atoms in total. The first-order valence-electron chi connectivity index (χ1n) is 6.38. The number of rotatable bonds is 5. The molecule has 112 valence electrons. The second-order valence-electron chi connectivity index (χ2n) is 6.31. The van der Waals surface area contributed by atoms with E-state index in [0.29, 0.717) is 6.54 Å². The average molecular weight is 273 g/mol. The summed E-state index contributed by atoms with van der Waals surface area (Å²) < 4.78 is 5.13. The number of amides is 2. The summed E-state index contributed by atoms with van der Waals surface area (Å²) in [6.45, 7) is 9.88. The van der Waals surface area contributed by atoms with E-state index in [1.807, 2.05) is 19.0 Å². The summed E-state index contributed by atoms with van der Waals surface area (Å²) in [4.78, 5) is 25.6. The van der Waals surface area contributed by atoms with Gasteiger partial charge in [0.05, 0.1) is 0 Å². The third-order valence-corrected chi connectivity index (χ3v) is 2.23. The van der Waals surface area contributed by atoms with Gasteiger partial charge in [-0.2, -0.15) is 0 Å². The molecule has 6 heteroatoms. The predicted molar refractivity (Wildman–Crippen MR) is 75.0 cm³/mol. The lowest BCUT2D eigenvalue weighted by Gasteiger charge is -2.27. The van der Waals surface area contributed by atoms with E-state index in [1.54, 1.807) is 34.6 Å². The van der Waals surface area contributed by atoms with E-state index in [1.165, 1.54) is 0 Å². The molecule has 2 amide bonds. The third kappa shape index (κ3) is 8.42. The average Bonchev–Trinajstić information content (AvgIpc) is 2.12. The zero-order chi connectivity index (χ0) is 15.3. The largest absolute Gasteiger partial charge is 0.444 e. The molecule has 0 saturated heterocycles. The molecule has 0 rings (SSSR count). The molecule has 0 unspecified atom stereocenters. The van der Waals surface area contributed by atoms with Crippen LogP contribution in [0, 0.1) is 0 Å². The molecule has 2 N–H and O–H groups in total. The van der Waals surface area contributed by atoms with Gasteiger partial charge in [0.15, 0.2) is 0 Å². The van der Waals surface area contributed by atoms with Crippen molar-refractivity contribution in [1.29, 1.82) is 0 Å². The molecule has 0 aliphatic heterocycles. The van der Waals surface area contributed by atoms with Crippen molar-refractivity contribution < 1.29 is 14.3 Å². The Bertz CT molecular complexity index is 320. The topological polar surface area (TPSA) is 70.7 Å². The van der Waals surface area contributed by atoms with E-state index in [-0.39, 0.29) is 5.91 Å². The van der Waals surface area contributed by atoms with Crippen molar-refractivity contribution in [3.8, 4) is 0 Å². The molecule has 0 spiro atoms. The van der Waals surface area contributed by atoms with Crippen LogP contribution >= 0.6 is 0 Å². The molecule has 0 saturated carbocycles. The number of likely N-dealkylation sites (N-methyl/N-ethyl adjacent to an activating group) is 1. The quantitative estimate of drug-likeness (QED) is 0.783. The van der Waals surface area contributed by atoms with Crippen LogP contribution in [0.2, 0.25) is 0 Å². The summed E-state index contributed by atoms with van der Waals surface area (Å²) in [5.41, 5.74) is -1.59. The van der Waals surface area contributed by atoms with Crippen molar-refractivity contribution >= 4 is 12.0 Å². The van der Waals surface area contributed by atoms with Crippen molar-refractivity contribution in [3.63, 3.8) is 0 Å². The van der Waals surface area contributed by atoms with Gasteiger partial charge in [-0.1, -0.05) is 0 Å². The first kappa shape index (κ1) is 17.7. The summed E-state index contributed by atoms with van der Waals surface area (Å²) in [6.07, 6.45) is -0.597. The molecule has 0 bridgehead atoms. The molecular weight excluding hydrogens is 246 g/mol. The number of carbonyl (C=O) groups is 2. The van der Waals surface area contributed by atoms with Crippen molar-refractivity contribution in [1.82, 2.24) is 15.5 Å². The Balaban J connectivity index is 4.29. The van der Waals surface area contributed by atoms with Crippen LogP contribution < -0.4 is 10.6 Å². The van der Waals surface area contributed by atoms with Crippen molar-refractivity contribution in [2.24, 2.45) is 0 Å². The lowest BCUT2D eigenvalue weighted by atomic mass is 10.1. The normalized spacial score (nSPS) is 12.2. The second kappa shape index (κ2) is 6.75. The van der Waals surface area contributed by atoms with Gasteiger partial charge in [-0.25, -0.2) is 4.79 Å². The molecule has 0 aromatic heterocycles. The Morgan fingerprint density at radius 3 is 2.05 bits per heavy atom. The number of hydrogen-bond acceptors (Lipinski definition) is 4. The first-order valence-corrected chi connectivity index (χ1v) is 6.38. The number of alkyl carbamates (subject to hydrolysis) is 1. The standard InChI is InChI=1S/C13H27N3O3/c1-12(2,3)19-11(18)15-13(4,5)10(17)14-8-9-16(6)7/h8-9H2,1-7H3,(H,14,17)(H,15,18). The zero-order valence-electron chi connectivity index (χ0n) is 13.1. The van der Waals surface area contributed by atoms with Crippen molar-refractivity contribution in [2.45, 2.75) is 45.8 Å². The molecular formula is C13H27N3O3. The monoisotopic (exact) mass is 273 g/mol. The minimum absolute atomic E-state index is 0.236. The highest BCUT2D eigenvalue weighted by Gasteiger charge is 2.31. The predicted octanol–water partition coefficient (Wildman–Crippen LogP) is 0.968. The van der Waals surface area contributed by atoms with Gasteiger partial charge in [0, 0.05) is 13.1 Å². The highest BCUT2D eigenvalue weighted by Crippen LogP contribution is 2.09. The van der Waals surface area contributed by atoms with E-state index in [2.05, 4.69) is 10.6 Å². The summed E-state index contributed by atoms with van der Waals surface area (Å²) in [5.74, 6) is -0.236. The van der Waals surface area contributed by atoms with Crippen molar-refractivity contribution in [3.05, 3.63) is 0 Å². The van der Waals surface area contributed by atoms with E-state index >= 15 is 0 Å². The van der Waals surface area contributed by atoms with Gasteiger partial charge in [-0.3, -0.25) is 4.79 Å². The number of ether oxygens (including phenoxy) is 1. The van der Waals surface area contributed by atoms with E-state index in [9.17, 15) is 9.59 Å². The van der Waals surface area contributed by atoms with Crippen LogP contribution in [-0.4, -0.2) is 55.2 Å². The number of hydrogen-bond donors (Lipinski definition) is 2. The van der Waals surface area contributed by atoms with Crippen molar-refractivity contribution in [2.75, 3.05) is 27.2 Å². The SMILES string of the molecule is CN(C)CCNC(=O)C(C)(C)NC(=O)OC(C)(C)C. The fourth-order valence-corrected chi connectivity index (χ4v) is 1.23. The molecule has 0 fully saturated rings. The van der Waals surface area contributed by atoms with Gasteiger partial charge in [-0.15, -0.1) is 0 Å². The Kier molecular flexibility index (Phi) is 6.29. The maximum Gasteiger partial charge on any atom is 0.408 e. The molecule has 0 aromatic carbocycles. The highest BCUT2D eigenvalue weighted by atomic mass is 16.6. The van der Waals surface area contributed by atoms with Gasteiger partial charge < -0.3 is 20.3 Å². The maximum absolute atomic E-state index is 11.9. The molecule has 0 aromatic rings. The molecule has 0 atom stereocenters. The highest BCUT2D eigenvalue weighted by molar-refractivity contribution is 5.89. The fourth-order valence-electron chi connectivity index (χ4n) is 1.23. The zero-order valence-corrected chi connectivity index (χ0v) is 13.1. The third-order valence-electron chi connectivity index (χ3n) is 2.23. The molecule has 0 radical (unpaired) electrons. The minimum Gasteiger partial charge on any atom is -0.444 e. The van der Waals surface area contributed by atoms with E-state index < -0.39 is 17.2 Å². The molecule has 19 heavy (non-hydrogen) atoms. The Hall–Kier alpha value is -1.30. The van der Waals surface area contributed by atoms with Crippen LogP contribution in [0.4, 0.5) is 4.79 Å². The summed E-state index contributed by atoms with van der Waals surface area (Å²) in [7, 11) is 3.85. The van der Waals surface area contributed by atoms with E-state index in [0.717, 1.165) is 6.54 Å². The first-order chi connectivity index (χ1) is 8.44. The maximum atomic E-state index is 11.9. The van der Waals surface area contributed by atoms with Crippen LogP contribution in [0.5, 0.6) is 0 Å². The molecule has 0 heterocycles. The lowest BCUT2D eigenvalue weighted by Crippen LogP contribution is -2.56. The van der Waals surface area contributed by atoms with Crippen LogP contribution in [0.1, 0.15) is 34.6 Å². The molecule has 0 aliphatic rings. The Morgan fingerprint density at radius 2 is 1.63 bits per heavy atom. The van der Waals surface area contributed by atoms with Gasteiger partial charge in [0.25, 0.3) is 0 Å². The minimum atomic E-state index is -1.01. The smallest absolute Gasteiger partial charge is 0.408 e. The van der Waals surface area contributed by atoms with Gasteiger partial charge in [0.1, 0.15) is 11.1 Å². The van der Waals surface area contributed by atoms with E-state index in [4.69, 9.17) is 4.74 Å². The van der Waals surface area contributed by atoms with Crippen LogP contribution in [-0.2, 0) is 9.53 Å². The molecule has 0 aliphatic carbocycles. The second-order valence-corrected chi connectivity index (χ2v) is 6.31. The summed E-state index contributed by atoms with van der Waals surface area (Å²) in [5, 5.41) is 5.34. The van der Waals surface area contributed by atoms with Crippen LogP contribution in [0.3, 0.4) is 0 Å². The van der Waals surface area contributed by atoms with Gasteiger partial charge >= 0.3 is 6.09 Å². The van der Waals surface area contributed by atoms with Gasteiger partial charge in [0.2, 0.25) is 5.91 Å². The summed E-state index contributed by atoms with van der Waals surface area (Å²) in [6, 6.07) is 0.